The first-order valence-corrected chi connectivity index (χ1v) is 21.7. The van der Waals surface area contributed by atoms with Gasteiger partial charge in [-0.1, -0.05) is 163 Å². The van der Waals surface area contributed by atoms with E-state index in [0.29, 0.717) is 5.02 Å². The quantitative estimate of drug-likeness (QED) is 0.119. The third-order valence-corrected chi connectivity index (χ3v) is 13.8. The maximum Gasteiger partial charge on any atom is 0.411 e. The number of benzene rings is 6. The zero-order chi connectivity index (χ0) is 42.7. The molecule has 61 heavy (non-hydrogen) atoms. The predicted octanol–water partition coefficient (Wildman–Crippen LogP) is 9.63. The molecule has 10 heteroatoms. The molecule has 1 saturated heterocycles. The summed E-state index contributed by atoms with van der Waals surface area (Å²) in [6.07, 6.45) is -2.31. The molecular formula is C51H48ClN3O5S. The van der Waals surface area contributed by atoms with Gasteiger partial charge < -0.3 is 20.1 Å². The van der Waals surface area contributed by atoms with E-state index < -0.39 is 51.7 Å². The van der Waals surface area contributed by atoms with E-state index in [0.717, 1.165) is 44.5 Å². The van der Waals surface area contributed by atoms with Crippen molar-refractivity contribution in [2.75, 3.05) is 13.6 Å². The Morgan fingerprint density at radius 3 is 1.74 bits per heavy atom. The number of aliphatic hydroxyl groups excluding tert-OH is 1. The largest absolute Gasteiger partial charge is 0.436 e. The number of nitrogens with zero attached hydrogens (tertiary/aromatic N) is 2. The first-order valence-electron chi connectivity index (χ1n) is 20.5. The van der Waals surface area contributed by atoms with Gasteiger partial charge in [0.1, 0.15) is 12.1 Å². The van der Waals surface area contributed by atoms with Crippen molar-refractivity contribution < 1.29 is 24.2 Å². The van der Waals surface area contributed by atoms with Crippen LogP contribution >= 0.6 is 23.4 Å². The maximum atomic E-state index is 15.6. The lowest BCUT2D eigenvalue weighted by molar-refractivity contribution is -0.143. The summed E-state index contributed by atoms with van der Waals surface area (Å²) in [5, 5.41) is 14.7. The summed E-state index contributed by atoms with van der Waals surface area (Å²) in [5.74, 6) is -0.879. The van der Waals surface area contributed by atoms with Crippen molar-refractivity contribution in [3.05, 3.63) is 202 Å². The number of hydrogen-bond donors (Lipinski definition) is 2. The normalized spacial score (nSPS) is 16.6. The number of likely N-dealkylation sites (N-methyl/N-ethyl adjacent to an activating group) is 1. The standard InChI is InChI=1S/C51H48ClN3O5S/c1-50(2,61-51(35-17-7-4-8-18-35,36-19-9-5-10-20-36)37-21-11-6-12-22-37)46(48(58)55-33-39(56)31-44(55)47(57)53-32-34-27-29-38(52)30-28-34)54(3)49(59)60-45-42-25-15-13-23-40(42)41-24-14-16-26-43(41)45/h4-30,39,44-46,56H,31-33H2,1-3H3,(H,53,57)/t39-,44+,46?/m1/s1. The Morgan fingerprint density at radius 2 is 1.23 bits per heavy atom. The summed E-state index contributed by atoms with van der Waals surface area (Å²) in [7, 11) is 1.59. The molecule has 0 bridgehead atoms. The van der Waals surface area contributed by atoms with Crippen molar-refractivity contribution in [2.24, 2.45) is 0 Å². The lowest BCUT2D eigenvalue weighted by Gasteiger charge is -2.47. The number of carbonyl (C=O) groups excluding carboxylic acids is 3. The van der Waals surface area contributed by atoms with Gasteiger partial charge in [0, 0.05) is 47.5 Å². The Morgan fingerprint density at radius 1 is 0.754 bits per heavy atom. The minimum absolute atomic E-state index is 0.0459. The van der Waals surface area contributed by atoms with E-state index in [1.165, 1.54) is 9.80 Å². The minimum atomic E-state index is -1.19. The number of amides is 3. The first kappa shape index (κ1) is 41.8. The van der Waals surface area contributed by atoms with Crippen LogP contribution in [0.2, 0.25) is 5.02 Å². The van der Waals surface area contributed by atoms with Crippen molar-refractivity contribution in [3.63, 3.8) is 0 Å². The Hall–Kier alpha value is -5.87. The van der Waals surface area contributed by atoms with Gasteiger partial charge in [0.2, 0.25) is 11.8 Å². The number of β-amino-alcohol motifs (C(OH)–C–C–N with tert-alkyl or cyclic N) is 1. The number of halogens is 1. The van der Waals surface area contributed by atoms with Crippen LogP contribution in [0.15, 0.2) is 164 Å². The molecule has 3 atom stereocenters. The summed E-state index contributed by atoms with van der Waals surface area (Å²) in [6.45, 7) is 4.06. The Labute approximate surface area is 366 Å². The lowest BCUT2D eigenvalue weighted by Crippen LogP contribution is -2.61. The molecule has 1 aliphatic heterocycles. The van der Waals surface area contributed by atoms with Crippen molar-refractivity contribution in [3.8, 4) is 11.1 Å². The van der Waals surface area contributed by atoms with Crippen LogP contribution in [0.25, 0.3) is 11.1 Å². The summed E-state index contributed by atoms with van der Waals surface area (Å²) in [5.41, 5.74) is 7.47. The highest BCUT2D eigenvalue weighted by atomic mass is 35.5. The highest BCUT2D eigenvalue weighted by Crippen LogP contribution is 2.55. The minimum Gasteiger partial charge on any atom is -0.436 e. The van der Waals surface area contributed by atoms with Crippen LogP contribution < -0.4 is 5.32 Å². The molecule has 2 N–H and O–H groups in total. The van der Waals surface area contributed by atoms with E-state index in [9.17, 15) is 14.7 Å². The number of thioether (sulfide) groups is 1. The zero-order valence-electron chi connectivity index (χ0n) is 34.3. The molecular weight excluding hydrogens is 802 g/mol. The molecule has 2 aliphatic rings. The molecule has 1 heterocycles. The van der Waals surface area contributed by atoms with Gasteiger partial charge in [-0.3, -0.25) is 14.5 Å². The average molecular weight is 850 g/mol. The molecule has 1 unspecified atom stereocenters. The number of hydrogen-bond acceptors (Lipinski definition) is 6. The molecule has 1 aliphatic carbocycles. The van der Waals surface area contributed by atoms with Crippen LogP contribution in [-0.4, -0.2) is 69.3 Å². The molecule has 310 valence electrons. The van der Waals surface area contributed by atoms with Gasteiger partial charge in [0.05, 0.1) is 10.9 Å². The van der Waals surface area contributed by atoms with Crippen LogP contribution in [0.1, 0.15) is 59.8 Å². The van der Waals surface area contributed by atoms with Gasteiger partial charge in [0.15, 0.2) is 6.10 Å². The lowest BCUT2D eigenvalue weighted by atomic mass is 9.84. The Bertz CT molecular complexity index is 2360. The average Bonchev–Trinajstić information content (AvgIpc) is 3.83. The second-order valence-corrected chi connectivity index (χ2v) is 18.5. The summed E-state index contributed by atoms with van der Waals surface area (Å²) in [4.78, 5) is 47.3. The van der Waals surface area contributed by atoms with Crippen LogP contribution in [-0.2, 0) is 25.6 Å². The fourth-order valence-corrected chi connectivity index (χ4v) is 11.0. The molecule has 0 saturated carbocycles. The molecule has 3 amide bonds. The number of likely N-dealkylation sites (tertiary alicyclic amines) is 1. The topological polar surface area (TPSA) is 99.2 Å². The predicted molar refractivity (Wildman–Crippen MR) is 242 cm³/mol. The van der Waals surface area contributed by atoms with Crippen LogP contribution in [0.5, 0.6) is 0 Å². The molecule has 6 aromatic carbocycles. The van der Waals surface area contributed by atoms with Crippen molar-refractivity contribution in [1.82, 2.24) is 15.1 Å². The second-order valence-electron chi connectivity index (χ2n) is 16.2. The second kappa shape index (κ2) is 17.6. The fraction of sp³-hybridized carbons (Fsp3) is 0.235. The van der Waals surface area contributed by atoms with E-state index in [2.05, 4.69) is 41.7 Å². The number of rotatable bonds is 12. The van der Waals surface area contributed by atoms with Crippen LogP contribution in [0.4, 0.5) is 4.79 Å². The van der Waals surface area contributed by atoms with Gasteiger partial charge in [-0.15, -0.1) is 11.8 Å². The molecule has 0 radical (unpaired) electrons. The third kappa shape index (κ3) is 8.30. The van der Waals surface area contributed by atoms with Gasteiger partial charge in [-0.2, -0.15) is 0 Å². The summed E-state index contributed by atoms with van der Waals surface area (Å²) >= 11 is 7.66. The number of ether oxygens (including phenoxy) is 1. The van der Waals surface area contributed by atoms with E-state index in [-0.39, 0.29) is 19.5 Å². The van der Waals surface area contributed by atoms with Crippen molar-refractivity contribution in [1.29, 1.82) is 0 Å². The van der Waals surface area contributed by atoms with Crippen LogP contribution in [0.3, 0.4) is 0 Å². The number of aliphatic hydroxyl groups is 1. The van der Waals surface area contributed by atoms with Crippen LogP contribution in [0, 0.1) is 0 Å². The SMILES string of the molecule is CN(C(=O)OC1c2ccccc2-c2ccccc21)C(C(=O)N1C[C@H](O)C[C@H]1C(=O)NCc1ccc(Cl)cc1)C(C)(C)SC(c1ccccc1)(c1ccccc1)c1ccccc1. The number of carbonyl (C=O) groups is 3. The highest BCUT2D eigenvalue weighted by molar-refractivity contribution is 8.02. The van der Waals surface area contributed by atoms with Gasteiger partial charge in [-0.25, -0.2) is 4.79 Å². The maximum absolute atomic E-state index is 15.6. The summed E-state index contributed by atoms with van der Waals surface area (Å²) in [6, 6.07) is 51.2. The third-order valence-electron chi connectivity index (χ3n) is 11.8. The van der Waals surface area contributed by atoms with E-state index >= 15 is 4.79 Å². The molecule has 0 spiro atoms. The van der Waals surface area contributed by atoms with E-state index in [1.54, 1.807) is 30.9 Å². The molecule has 8 rings (SSSR count). The van der Waals surface area contributed by atoms with Crippen molar-refractivity contribution >= 4 is 41.3 Å². The van der Waals surface area contributed by atoms with E-state index in [1.807, 2.05) is 129 Å². The smallest absolute Gasteiger partial charge is 0.411 e. The highest BCUT2D eigenvalue weighted by Gasteiger charge is 2.53. The van der Waals surface area contributed by atoms with Gasteiger partial charge in [-0.05, 0) is 59.4 Å². The Kier molecular flexibility index (Phi) is 12.1. The molecule has 6 aromatic rings. The monoisotopic (exact) mass is 849 g/mol. The van der Waals surface area contributed by atoms with Gasteiger partial charge in [0.25, 0.3) is 0 Å². The zero-order valence-corrected chi connectivity index (χ0v) is 35.9. The van der Waals surface area contributed by atoms with E-state index in [4.69, 9.17) is 16.3 Å². The first-order chi connectivity index (χ1) is 29.5. The van der Waals surface area contributed by atoms with Gasteiger partial charge >= 0.3 is 6.09 Å². The number of fused-ring (bicyclic) bond motifs is 3. The Balaban J connectivity index is 1.20. The fourth-order valence-electron chi connectivity index (χ4n) is 8.97. The van der Waals surface area contributed by atoms with Crippen molar-refractivity contribution in [2.45, 2.75) is 60.6 Å². The molecule has 1 fully saturated rings. The molecule has 8 nitrogen and oxygen atoms in total. The summed E-state index contributed by atoms with van der Waals surface area (Å²) < 4.78 is 4.50. The number of nitrogens with one attached hydrogen (secondary N) is 1. The molecule has 0 aromatic heterocycles.